The second-order valence-electron chi connectivity index (χ2n) is 33.3. The Balaban J connectivity index is 5.26. The molecule has 648 valence electrons. The minimum absolute atomic E-state index is 0.109. The second-order valence-corrected chi connectivity index (χ2v) is 36.2. The van der Waals surface area contributed by atoms with Crippen molar-refractivity contribution >= 4 is 39.5 Å². The van der Waals surface area contributed by atoms with Gasteiger partial charge in [-0.1, -0.05) is 433 Å². The number of hydrogen-bond donors (Lipinski definition) is 3. The van der Waals surface area contributed by atoms with E-state index in [-0.39, 0.29) is 25.7 Å². The Kier molecular flexibility index (Phi) is 79.8. The Hall–Kier alpha value is -1.94. The topological polar surface area (TPSA) is 237 Å². The lowest BCUT2D eigenvalue weighted by atomic mass is 10.0. The molecule has 0 saturated carbocycles. The molecule has 109 heavy (non-hydrogen) atoms. The number of esters is 4. The Morgan fingerprint density at radius 2 is 0.422 bits per heavy atom. The van der Waals surface area contributed by atoms with Gasteiger partial charge in [0.1, 0.15) is 19.3 Å². The standard InChI is InChI=1S/C90H176O17P2/c1-7-9-11-13-15-17-19-21-22-25-31-38-44-50-56-62-68-74-89(94)106-85(78-100-87(92)72-66-60-54-48-42-34-20-18-16-14-12-10-8-2)80-104-108(96,97)102-76-84(91)77-103-109(98,99)105-81-86(79-101-88(93)73-67-61-55-49-43-37-33-28-30-36-41-47-53-59-65-71-83(5)6)107-90(95)75-69-63-57-51-45-39-32-27-24-23-26-29-35-40-46-52-58-64-70-82(3)4/h82-86,91H,7-81H2,1-6H3,(H,96,97)(H,98,99)/t84-,85+,86+/m0/s1. The average molecular weight is 1590 g/mol. The zero-order valence-electron chi connectivity index (χ0n) is 71.9. The van der Waals surface area contributed by atoms with Gasteiger partial charge in [0.05, 0.1) is 26.4 Å². The van der Waals surface area contributed by atoms with Crippen LogP contribution in [0.25, 0.3) is 0 Å². The third kappa shape index (κ3) is 83.8. The van der Waals surface area contributed by atoms with Gasteiger partial charge in [-0.15, -0.1) is 0 Å². The van der Waals surface area contributed by atoms with Crippen LogP contribution in [0.15, 0.2) is 0 Å². The third-order valence-corrected chi connectivity index (χ3v) is 23.1. The number of phosphoric acid groups is 2. The predicted octanol–water partition coefficient (Wildman–Crippen LogP) is 27.8. The minimum Gasteiger partial charge on any atom is -0.462 e. The van der Waals surface area contributed by atoms with E-state index in [1.54, 1.807) is 0 Å². The van der Waals surface area contributed by atoms with Crippen molar-refractivity contribution in [2.45, 2.75) is 503 Å². The van der Waals surface area contributed by atoms with Crippen LogP contribution in [-0.2, 0) is 65.4 Å². The summed E-state index contributed by atoms with van der Waals surface area (Å²) in [5.74, 6) is -0.467. The molecule has 0 heterocycles. The van der Waals surface area contributed by atoms with Gasteiger partial charge in [0, 0.05) is 25.7 Å². The van der Waals surface area contributed by atoms with Crippen molar-refractivity contribution in [3.8, 4) is 0 Å². The number of carbonyl (C=O) groups is 4. The summed E-state index contributed by atoms with van der Waals surface area (Å²) in [5.41, 5.74) is 0. The van der Waals surface area contributed by atoms with Gasteiger partial charge in [-0.3, -0.25) is 37.3 Å². The molecule has 0 aliphatic heterocycles. The molecular weight excluding hydrogens is 1410 g/mol. The molecule has 0 amide bonds. The van der Waals surface area contributed by atoms with Crippen molar-refractivity contribution in [1.29, 1.82) is 0 Å². The molecule has 0 aliphatic rings. The van der Waals surface area contributed by atoms with Gasteiger partial charge in [0.15, 0.2) is 12.2 Å². The summed E-state index contributed by atoms with van der Waals surface area (Å²) in [5, 5.41) is 10.7. The molecule has 3 N–H and O–H groups in total. The highest BCUT2D eigenvalue weighted by Gasteiger charge is 2.31. The van der Waals surface area contributed by atoms with E-state index in [4.69, 9.17) is 37.0 Å². The maximum absolute atomic E-state index is 13.2. The first-order valence-electron chi connectivity index (χ1n) is 46.5. The summed E-state index contributed by atoms with van der Waals surface area (Å²) in [4.78, 5) is 73.4. The first-order valence-corrected chi connectivity index (χ1v) is 49.5. The molecule has 0 aliphatic carbocycles. The number of ether oxygens (including phenoxy) is 4. The molecule has 0 aromatic rings. The highest BCUT2D eigenvalue weighted by atomic mass is 31.2. The third-order valence-electron chi connectivity index (χ3n) is 21.2. The summed E-state index contributed by atoms with van der Waals surface area (Å²) < 4.78 is 69.1. The zero-order chi connectivity index (χ0) is 79.9. The van der Waals surface area contributed by atoms with Crippen LogP contribution in [0.3, 0.4) is 0 Å². The minimum atomic E-state index is -4.97. The quantitative estimate of drug-likeness (QED) is 0.0222. The monoisotopic (exact) mass is 1590 g/mol. The van der Waals surface area contributed by atoms with E-state index in [1.165, 1.54) is 302 Å². The molecule has 0 rings (SSSR count). The number of hydrogen-bond acceptors (Lipinski definition) is 15. The van der Waals surface area contributed by atoms with Gasteiger partial charge in [-0.2, -0.15) is 0 Å². The molecule has 0 bridgehead atoms. The first kappa shape index (κ1) is 107. The van der Waals surface area contributed by atoms with E-state index >= 15 is 0 Å². The van der Waals surface area contributed by atoms with E-state index in [9.17, 15) is 43.2 Å². The largest absolute Gasteiger partial charge is 0.472 e. The van der Waals surface area contributed by atoms with Crippen molar-refractivity contribution in [3.05, 3.63) is 0 Å². The molecule has 0 spiro atoms. The molecule has 0 aromatic carbocycles. The number of carbonyl (C=O) groups excluding carboxylic acids is 4. The smallest absolute Gasteiger partial charge is 0.462 e. The number of unbranched alkanes of at least 4 members (excludes halogenated alkanes) is 59. The van der Waals surface area contributed by atoms with E-state index in [2.05, 4.69) is 41.5 Å². The molecular formula is C90H176O17P2. The van der Waals surface area contributed by atoms with Crippen LogP contribution in [0.2, 0.25) is 0 Å². The van der Waals surface area contributed by atoms with Crippen molar-refractivity contribution < 1.29 is 80.2 Å². The molecule has 5 atom stereocenters. The Morgan fingerprint density at radius 1 is 0.248 bits per heavy atom. The van der Waals surface area contributed by atoms with E-state index in [0.717, 1.165) is 102 Å². The van der Waals surface area contributed by atoms with E-state index < -0.39 is 97.5 Å². The van der Waals surface area contributed by atoms with Crippen LogP contribution in [-0.4, -0.2) is 96.7 Å². The lowest BCUT2D eigenvalue weighted by molar-refractivity contribution is -0.161. The summed E-state index contributed by atoms with van der Waals surface area (Å²) in [6.07, 6.45) is 74.9. The highest BCUT2D eigenvalue weighted by molar-refractivity contribution is 7.47. The van der Waals surface area contributed by atoms with Crippen molar-refractivity contribution in [2.24, 2.45) is 11.8 Å². The van der Waals surface area contributed by atoms with Crippen LogP contribution < -0.4 is 0 Å². The van der Waals surface area contributed by atoms with Crippen LogP contribution in [0, 0.1) is 11.8 Å². The molecule has 2 unspecified atom stereocenters. The van der Waals surface area contributed by atoms with Gasteiger partial charge < -0.3 is 33.8 Å². The molecule has 0 fully saturated rings. The van der Waals surface area contributed by atoms with Crippen LogP contribution in [0.4, 0.5) is 0 Å². The molecule has 0 radical (unpaired) electrons. The van der Waals surface area contributed by atoms with Gasteiger partial charge in [0.2, 0.25) is 0 Å². The van der Waals surface area contributed by atoms with Crippen LogP contribution in [0.1, 0.15) is 485 Å². The fraction of sp³-hybridized carbons (Fsp3) is 0.956. The number of rotatable bonds is 89. The maximum Gasteiger partial charge on any atom is 0.472 e. The second kappa shape index (κ2) is 81.2. The zero-order valence-corrected chi connectivity index (χ0v) is 73.7. The Labute approximate surface area is 670 Å². The fourth-order valence-electron chi connectivity index (χ4n) is 14.1. The fourth-order valence-corrected chi connectivity index (χ4v) is 15.7. The van der Waals surface area contributed by atoms with Gasteiger partial charge in [-0.05, 0) is 37.5 Å². The van der Waals surface area contributed by atoms with Crippen molar-refractivity contribution in [3.63, 3.8) is 0 Å². The number of phosphoric ester groups is 2. The average Bonchev–Trinajstić information content (AvgIpc) is 0.899. The maximum atomic E-state index is 13.2. The molecule has 17 nitrogen and oxygen atoms in total. The summed E-state index contributed by atoms with van der Waals surface area (Å²) in [7, 11) is -9.93. The molecule has 0 saturated heterocycles. The molecule has 0 aromatic heterocycles. The lowest BCUT2D eigenvalue weighted by Gasteiger charge is -2.21. The highest BCUT2D eigenvalue weighted by Crippen LogP contribution is 2.45. The van der Waals surface area contributed by atoms with Gasteiger partial charge >= 0.3 is 39.5 Å². The van der Waals surface area contributed by atoms with Crippen molar-refractivity contribution in [1.82, 2.24) is 0 Å². The van der Waals surface area contributed by atoms with Gasteiger partial charge in [0.25, 0.3) is 0 Å². The van der Waals surface area contributed by atoms with Crippen LogP contribution >= 0.6 is 15.6 Å². The van der Waals surface area contributed by atoms with E-state index in [0.29, 0.717) is 25.7 Å². The predicted molar refractivity (Wildman–Crippen MR) is 451 cm³/mol. The van der Waals surface area contributed by atoms with E-state index in [1.807, 2.05) is 0 Å². The molecule has 19 heteroatoms. The summed E-state index contributed by atoms with van der Waals surface area (Å²) >= 11 is 0. The van der Waals surface area contributed by atoms with Gasteiger partial charge in [-0.25, -0.2) is 9.13 Å². The Bertz CT molecular complexity index is 2080. The lowest BCUT2D eigenvalue weighted by Crippen LogP contribution is -2.30. The SMILES string of the molecule is CCCCCCCCCCCCCCCCCCCC(=O)O[C@H](COC(=O)CCCCCCCCCCCCCCC)COP(=O)(O)OC[C@H](O)COP(=O)(O)OC[C@@H](COC(=O)CCCCCCCCCCCCCCCCCC(C)C)OC(=O)CCCCCCCCCCCCCCCCCCCCC(C)C. The summed E-state index contributed by atoms with van der Waals surface area (Å²) in [6, 6.07) is 0. The Morgan fingerprint density at radius 3 is 0.624 bits per heavy atom. The number of aliphatic hydroxyl groups is 1. The summed E-state index contributed by atoms with van der Waals surface area (Å²) in [6.45, 7) is 9.77. The number of aliphatic hydroxyl groups excluding tert-OH is 1. The normalized spacial score (nSPS) is 13.8. The van der Waals surface area contributed by atoms with Crippen LogP contribution in [0.5, 0.6) is 0 Å². The van der Waals surface area contributed by atoms with Crippen molar-refractivity contribution in [2.75, 3.05) is 39.6 Å². The first-order chi connectivity index (χ1) is 52.9.